The van der Waals surface area contributed by atoms with Crippen LogP contribution in [0.5, 0.6) is 0 Å². The molecule has 0 atom stereocenters. The smallest absolute Gasteiger partial charge is 0.416 e. The summed E-state index contributed by atoms with van der Waals surface area (Å²) in [6.07, 6.45) is -5.37. The van der Waals surface area contributed by atoms with Gasteiger partial charge in [-0.15, -0.1) is 0 Å². The van der Waals surface area contributed by atoms with Crippen LogP contribution < -0.4 is 5.32 Å². The molecule has 2 radical (unpaired) electrons. The van der Waals surface area contributed by atoms with Crippen LogP contribution in [0.15, 0.2) is 18.2 Å². The fourth-order valence-corrected chi connectivity index (χ4v) is 1.31. The number of carbonyl (C=O) groups excluding carboxylic acids is 1. The van der Waals surface area contributed by atoms with E-state index in [9.17, 15) is 18.0 Å². The molecule has 0 aliphatic carbocycles. The number of nitrogens with one attached hydrogen (secondary N) is 1. The average molecular weight is 273 g/mol. The molecule has 0 unspecified atom stereocenters. The highest BCUT2D eigenvalue weighted by atomic mass is 19.4. The summed E-state index contributed by atoms with van der Waals surface area (Å²) in [5.74, 6) is 0. The molecule has 1 N–H and O–H groups in total. The summed E-state index contributed by atoms with van der Waals surface area (Å²) in [5.41, 5.74) is -1.84. The largest absolute Gasteiger partial charge is 0.444 e. The van der Waals surface area contributed by atoms with Gasteiger partial charge in [-0.3, -0.25) is 5.32 Å². The first-order valence-electron chi connectivity index (χ1n) is 5.45. The Morgan fingerprint density at radius 2 is 1.79 bits per heavy atom. The van der Waals surface area contributed by atoms with Gasteiger partial charge in [-0.1, -0.05) is 0 Å². The molecule has 0 aliphatic rings. The number of alkyl halides is 3. The van der Waals surface area contributed by atoms with E-state index in [0.29, 0.717) is 0 Å². The Morgan fingerprint density at radius 3 is 2.26 bits per heavy atom. The van der Waals surface area contributed by atoms with E-state index in [-0.39, 0.29) is 11.3 Å². The van der Waals surface area contributed by atoms with Gasteiger partial charge in [0, 0.05) is 5.69 Å². The highest BCUT2D eigenvalue weighted by Gasteiger charge is 2.31. The van der Waals surface area contributed by atoms with Crippen LogP contribution in [-0.2, 0) is 10.9 Å². The topological polar surface area (TPSA) is 38.3 Å². The fraction of sp³-hybridized carbons (Fsp3) is 0.385. The Bertz CT molecular complexity index is 476. The average Bonchev–Trinajstić information content (AvgIpc) is 2.11. The summed E-state index contributed by atoms with van der Waals surface area (Å²) in [6.45, 7) is 10.3. The SMILES string of the molecule is [CH]c1cc(NC(=O)OC(C)(C)C)cc(C(F)(F)F)c1. The number of benzene rings is 1. The van der Waals surface area contributed by atoms with Crippen LogP contribution in [0.4, 0.5) is 23.7 Å². The molecular weight excluding hydrogens is 259 g/mol. The second-order valence-electron chi connectivity index (χ2n) is 4.97. The minimum atomic E-state index is -4.53. The molecule has 0 saturated carbocycles. The van der Waals surface area contributed by atoms with Gasteiger partial charge < -0.3 is 4.74 Å². The number of amides is 1. The first-order valence-corrected chi connectivity index (χ1v) is 5.45. The maximum Gasteiger partial charge on any atom is 0.416 e. The second kappa shape index (κ2) is 5.11. The zero-order valence-electron chi connectivity index (χ0n) is 10.8. The lowest BCUT2D eigenvalue weighted by molar-refractivity contribution is -0.137. The third-order valence-electron chi connectivity index (χ3n) is 1.93. The Hall–Kier alpha value is -1.72. The van der Waals surface area contributed by atoms with Crippen LogP contribution in [-0.4, -0.2) is 11.7 Å². The van der Waals surface area contributed by atoms with Gasteiger partial charge in [0.05, 0.1) is 5.56 Å². The predicted octanol–water partition coefficient (Wildman–Crippen LogP) is 4.11. The molecule has 0 bridgehead atoms. The van der Waals surface area contributed by atoms with Crippen LogP contribution in [0.25, 0.3) is 0 Å². The molecule has 6 heteroatoms. The van der Waals surface area contributed by atoms with Crippen molar-refractivity contribution in [3.63, 3.8) is 0 Å². The van der Waals surface area contributed by atoms with E-state index in [4.69, 9.17) is 11.7 Å². The number of anilines is 1. The number of ether oxygens (including phenoxy) is 1. The lowest BCUT2D eigenvalue weighted by Gasteiger charge is -2.20. The van der Waals surface area contributed by atoms with Crippen molar-refractivity contribution in [2.75, 3.05) is 5.32 Å². The Kier molecular flexibility index (Phi) is 4.12. The first-order chi connectivity index (χ1) is 8.47. The number of rotatable bonds is 1. The molecule has 0 aromatic heterocycles. The lowest BCUT2D eigenvalue weighted by atomic mass is 10.1. The van der Waals surface area contributed by atoms with E-state index in [1.807, 2.05) is 0 Å². The van der Waals surface area contributed by atoms with Crippen molar-refractivity contribution in [2.24, 2.45) is 0 Å². The van der Waals surface area contributed by atoms with Crippen molar-refractivity contribution in [3.05, 3.63) is 36.2 Å². The Labute approximate surface area is 109 Å². The second-order valence-corrected chi connectivity index (χ2v) is 4.97. The summed E-state index contributed by atoms with van der Waals surface area (Å²) < 4.78 is 42.6. The molecule has 0 fully saturated rings. The minimum absolute atomic E-state index is 0.0680. The molecule has 0 aliphatic heterocycles. The number of carbonyl (C=O) groups is 1. The zero-order chi connectivity index (χ0) is 14.8. The highest BCUT2D eigenvalue weighted by Crippen LogP contribution is 2.31. The lowest BCUT2D eigenvalue weighted by Crippen LogP contribution is -2.27. The number of hydrogen-bond acceptors (Lipinski definition) is 2. The molecule has 0 saturated heterocycles. The maximum absolute atomic E-state index is 12.6. The Morgan fingerprint density at radius 1 is 1.21 bits per heavy atom. The van der Waals surface area contributed by atoms with Gasteiger partial charge in [-0.25, -0.2) is 4.79 Å². The van der Waals surface area contributed by atoms with Gasteiger partial charge in [-0.05, 0) is 51.5 Å². The number of hydrogen-bond donors (Lipinski definition) is 1. The van der Waals surface area contributed by atoms with Gasteiger partial charge in [0.2, 0.25) is 0 Å². The summed E-state index contributed by atoms with van der Waals surface area (Å²) in [6, 6.07) is 2.81. The summed E-state index contributed by atoms with van der Waals surface area (Å²) in [7, 11) is 0. The molecule has 1 rings (SSSR count). The first kappa shape index (κ1) is 15.3. The van der Waals surface area contributed by atoms with Crippen molar-refractivity contribution in [3.8, 4) is 0 Å². The summed E-state index contributed by atoms with van der Waals surface area (Å²) >= 11 is 0. The van der Waals surface area contributed by atoms with Gasteiger partial charge in [0.1, 0.15) is 5.60 Å². The van der Waals surface area contributed by atoms with E-state index in [2.05, 4.69) is 5.32 Å². The quantitative estimate of drug-likeness (QED) is 0.836. The normalized spacial score (nSPS) is 12.2. The van der Waals surface area contributed by atoms with Gasteiger partial charge >= 0.3 is 12.3 Å². The van der Waals surface area contributed by atoms with E-state index in [0.717, 1.165) is 12.1 Å². The molecule has 1 aromatic carbocycles. The van der Waals surface area contributed by atoms with Crippen molar-refractivity contribution >= 4 is 11.8 Å². The maximum atomic E-state index is 12.6. The van der Waals surface area contributed by atoms with Crippen LogP contribution in [0, 0.1) is 6.92 Å². The fourth-order valence-electron chi connectivity index (χ4n) is 1.31. The van der Waals surface area contributed by atoms with Gasteiger partial charge in [0.15, 0.2) is 0 Å². The molecule has 19 heavy (non-hydrogen) atoms. The molecule has 0 heterocycles. The van der Waals surface area contributed by atoms with Gasteiger partial charge in [0.25, 0.3) is 0 Å². The third kappa shape index (κ3) is 5.19. The van der Waals surface area contributed by atoms with Crippen molar-refractivity contribution in [1.82, 2.24) is 0 Å². The van der Waals surface area contributed by atoms with Crippen LogP contribution in [0.2, 0.25) is 0 Å². The van der Waals surface area contributed by atoms with Crippen molar-refractivity contribution in [2.45, 2.75) is 32.5 Å². The van der Waals surface area contributed by atoms with E-state index in [1.165, 1.54) is 6.07 Å². The third-order valence-corrected chi connectivity index (χ3v) is 1.93. The zero-order valence-corrected chi connectivity index (χ0v) is 10.8. The van der Waals surface area contributed by atoms with E-state index < -0.39 is 23.4 Å². The van der Waals surface area contributed by atoms with Crippen molar-refractivity contribution < 1.29 is 22.7 Å². The van der Waals surface area contributed by atoms with E-state index in [1.54, 1.807) is 20.8 Å². The molecule has 3 nitrogen and oxygen atoms in total. The Balaban J connectivity index is 2.91. The molecule has 1 aromatic rings. The molecular formula is C13H14F3NO2. The summed E-state index contributed by atoms with van der Waals surface area (Å²) in [5, 5.41) is 2.21. The standard InChI is InChI=1S/C13H14F3NO2/c1-8-5-9(13(14,15)16)7-10(6-8)17-11(18)19-12(2,3)4/h1,5-7H,2-4H3,(H,17,18). The van der Waals surface area contributed by atoms with E-state index >= 15 is 0 Å². The highest BCUT2D eigenvalue weighted by molar-refractivity contribution is 5.85. The number of halogens is 3. The van der Waals surface area contributed by atoms with Crippen molar-refractivity contribution in [1.29, 1.82) is 0 Å². The van der Waals surface area contributed by atoms with Crippen LogP contribution in [0.1, 0.15) is 31.9 Å². The summed E-state index contributed by atoms with van der Waals surface area (Å²) in [4.78, 5) is 11.4. The van der Waals surface area contributed by atoms with Gasteiger partial charge in [-0.2, -0.15) is 13.2 Å². The molecule has 0 spiro atoms. The van der Waals surface area contributed by atoms with Crippen LogP contribution >= 0.6 is 0 Å². The minimum Gasteiger partial charge on any atom is -0.444 e. The molecule has 104 valence electrons. The molecule has 1 amide bonds. The predicted molar refractivity (Wildman–Crippen MR) is 64.7 cm³/mol. The monoisotopic (exact) mass is 273 g/mol. The van der Waals surface area contributed by atoms with Crippen LogP contribution in [0.3, 0.4) is 0 Å².